The molecule has 3 aromatic rings. The molecule has 1 amide bonds. The maximum atomic E-state index is 12.7. The lowest BCUT2D eigenvalue weighted by molar-refractivity contribution is 0.0529. The van der Waals surface area contributed by atoms with Gasteiger partial charge in [-0.15, -0.1) is 11.3 Å². The van der Waals surface area contributed by atoms with E-state index in [1.165, 1.54) is 11.3 Å². The number of amides is 1. The van der Waals surface area contributed by atoms with Crippen LogP contribution in [0.4, 0.5) is 5.00 Å². The second-order valence-corrected chi connectivity index (χ2v) is 7.40. The second kappa shape index (κ2) is 9.04. The van der Waals surface area contributed by atoms with E-state index in [-0.39, 0.29) is 12.5 Å². The van der Waals surface area contributed by atoms with E-state index in [0.717, 1.165) is 17.5 Å². The van der Waals surface area contributed by atoms with E-state index in [2.05, 4.69) is 12.2 Å². The molecule has 0 aliphatic carbocycles. The van der Waals surface area contributed by atoms with Gasteiger partial charge in [0.05, 0.1) is 6.61 Å². The molecule has 0 saturated heterocycles. The highest BCUT2D eigenvalue weighted by Crippen LogP contribution is 2.37. The van der Waals surface area contributed by atoms with Crippen molar-refractivity contribution in [1.82, 2.24) is 0 Å². The fourth-order valence-electron chi connectivity index (χ4n) is 2.76. The number of hydrogen-bond acceptors (Lipinski definition) is 4. The van der Waals surface area contributed by atoms with Crippen molar-refractivity contribution in [3.63, 3.8) is 0 Å². The monoisotopic (exact) mass is 413 g/mol. The molecule has 0 fully saturated rings. The lowest BCUT2D eigenvalue weighted by Gasteiger charge is -2.09. The van der Waals surface area contributed by atoms with Crippen molar-refractivity contribution in [2.45, 2.75) is 20.3 Å². The van der Waals surface area contributed by atoms with Crippen LogP contribution in [0, 0.1) is 0 Å². The number of carbonyl (C=O) groups excluding carboxylic acids is 2. The third-order valence-electron chi connectivity index (χ3n) is 4.28. The van der Waals surface area contributed by atoms with Crippen LogP contribution in [0.2, 0.25) is 5.02 Å². The molecule has 3 rings (SSSR count). The van der Waals surface area contributed by atoms with Gasteiger partial charge in [0.15, 0.2) is 0 Å². The summed E-state index contributed by atoms with van der Waals surface area (Å²) in [6.07, 6.45) is 0.907. The van der Waals surface area contributed by atoms with Crippen LogP contribution in [0.3, 0.4) is 0 Å². The number of anilines is 1. The Bertz CT molecular complexity index is 978. The highest BCUT2D eigenvalue weighted by molar-refractivity contribution is 7.15. The van der Waals surface area contributed by atoms with Gasteiger partial charge in [0.2, 0.25) is 0 Å². The van der Waals surface area contributed by atoms with Gasteiger partial charge in [0, 0.05) is 21.5 Å². The number of carbonyl (C=O) groups is 2. The Morgan fingerprint density at radius 3 is 2.32 bits per heavy atom. The smallest absolute Gasteiger partial charge is 0.341 e. The number of halogens is 1. The van der Waals surface area contributed by atoms with Gasteiger partial charge in [-0.25, -0.2) is 4.79 Å². The molecule has 1 N–H and O–H groups in total. The van der Waals surface area contributed by atoms with Gasteiger partial charge in [-0.2, -0.15) is 0 Å². The predicted molar refractivity (Wildman–Crippen MR) is 114 cm³/mol. The molecule has 0 radical (unpaired) electrons. The number of aryl methyl sites for hydroxylation is 1. The Morgan fingerprint density at radius 1 is 1.04 bits per heavy atom. The molecule has 6 heteroatoms. The van der Waals surface area contributed by atoms with Crippen LogP contribution < -0.4 is 5.32 Å². The summed E-state index contributed by atoms with van der Waals surface area (Å²) in [5.74, 6) is -0.733. The molecule has 144 valence electrons. The Labute approximate surface area is 173 Å². The summed E-state index contributed by atoms with van der Waals surface area (Å²) in [5.41, 5.74) is 3.58. The van der Waals surface area contributed by atoms with Crippen molar-refractivity contribution < 1.29 is 14.3 Å². The zero-order chi connectivity index (χ0) is 20.1. The maximum absolute atomic E-state index is 12.7. The van der Waals surface area contributed by atoms with E-state index in [0.29, 0.717) is 26.7 Å². The minimum absolute atomic E-state index is 0.251. The number of thiophene rings is 1. The molecule has 0 atom stereocenters. The first-order chi connectivity index (χ1) is 13.5. The number of rotatable bonds is 6. The van der Waals surface area contributed by atoms with Crippen LogP contribution in [0.1, 0.15) is 40.1 Å². The summed E-state index contributed by atoms with van der Waals surface area (Å²) in [4.78, 5) is 25.3. The molecule has 28 heavy (non-hydrogen) atoms. The largest absolute Gasteiger partial charge is 0.462 e. The van der Waals surface area contributed by atoms with Crippen molar-refractivity contribution in [3.8, 4) is 11.1 Å². The van der Waals surface area contributed by atoms with Crippen molar-refractivity contribution >= 4 is 39.8 Å². The standard InChI is InChI=1S/C22H20ClNO3S/c1-3-14-5-7-16(8-6-14)20(25)24-21-19(22(26)27-4-2)18(13-28-21)15-9-11-17(23)12-10-15/h5-13H,3-4H2,1-2H3,(H,24,25). The number of esters is 1. The van der Waals surface area contributed by atoms with E-state index in [9.17, 15) is 9.59 Å². The quantitative estimate of drug-likeness (QED) is 0.499. The molecular weight excluding hydrogens is 394 g/mol. The number of hydrogen-bond donors (Lipinski definition) is 1. The molecule has 4 nitrogen and oxygen atoms in total. The molecule has 1 aromatic heterocycles. The van der Waals surface area contributed by atoms with Crippen molar-refractivity contribution in [2.75, 3.05) is 11.9 Å². The van der Waals surface area contributed by atoms with E-state index >= 15 is 0 Å². The summed E-state index contributed by atoms with van der Waals surface area (Å²) >= 11 is 7.26. The zero-order valence-corrected chi connectivity index (χ0v) is 17.2. The third-order valence-corrected chi connectivity index (χ3v) is 5.42. The fourth-order valence-corrected chi connectivity index (χ4v) is 3.84. The van der Waals surface area contributed by atoms with Gasteiger partial charge in [0.25, 0.3) is 5.91 Å². The molecule has 0 saturated carbocycles. The first kappa shape index (κ1) is 20.1. The van der Waals surface area contributed by atoms with Crippen LogP contribution in [0.15, 0.2) is 53.9 Å². The number of ether oxygens (including phenoxy) is 1. The number of benzene rings is 2. The Hall–Kier alpha value is -2.63. The Balaban J connectivity index is 1.94. The number of nitrogens with one attached hydrogen (secondary N) is 1. The normalized spacial score (nSPS) is 10.5. The lowest BCUT2D eigenvalue weighted by Crippen LogP contribution is -2.14. The topological polar surface area (TPSA) is 55.4 Å². The molecular formula is C22H20ClNO3S. The summed E-state index contributed by atoms with van der Waals surface area (Å²) in [5, 5.41) is 5.77. The average molecular weight is 414 g/mol. The van der Waals surface area contributed by atoms with E-state index in [1.807, 2.05) is 29.6 Å². The van der Waals surface area contributed by atoms with E-state index in [4.69, 9.17) is 16.3 Å². The molecule has 0 spiro atoms. The first-order valence-corrected chi connectivity index (χ1v) is 10.2. The van der Waals surface area contributed by atoms with Gasteiger partial charge in [-0.3, -0.25) is 4.79 Å². The summed E-state index contributed by atoms with van der Waals surface area (Å²) in [7, 11) is 0. The SMILES string of the molecule is CCOC(=O)c1c(-c2ccc(Cl)cc2)csc1NC(=O)c1ccc(CC)cc1. The van der Waals surface area contributed by atoms with E-state index < -0.39 is 5.97 Å². The van der Waals surface area contributed by atoms with Crippen LogP contribution >= 0.6 is 22.9 Å². The molecule has 1 heterocycles. The Kier molecular flexibility index (Phi) is 6.49. The first-order valence-electron chi connectivity index (χ1n) is 8.98. The highest BCUT2D eigenvalue weighted by Gasteiger charge is 2.23. The van der Waals surface area contributed by atoms with Crippen LogP contribution in [-0.2, 0) is 11.2 Å². The predicted octanol–water partition coefficient (Wildman–Crippen LogP) is 6.06. The van der Waals surface area contributed by atoms with Gasteiger partial charge >= 0.3 is 5.97 Å². The molecule has 0 bridgehead atoms. The fraction of sp³-hybridized carbons (Fsp3) is 0.182. The molecule has 0 unspecified atom stereocenters. The highest BCUT2D eigenvalue weighted by atomic mass is 35.5. The van der Waals surface area contributed by atoms with Crippen LogP contribution in [0.5, 0.6) is 0 Å². The summed E-state index contributed by atoms with van der Waals surface area (Å²) in [6.45, 7) is 4.06. The van der Waals surface area contributed by atoms with Crippen molar-refractivity contribution in [2.24, 2.45) is 0 Å². The van der Waals surface area contributed by atoms with Crippen molar-refractivity contribution in [1.29, 1.82) is 0 Å². The summed E-state index contributed by atoms with van der Waals surface area (Å²) < 4.78 is 5.22. The van der Waals surface area contributed by atoms with Crippen molar-refractivity contribution in [3.05, 3.63) is 75.6 Å². The summed E-state index contributed by atoms with van der Waals surface area (Å²) in [6, 6.07) is 14.6. The van der Waals surface area contributed by atoms with Gasteiger partial charge in [0.1, 0.15) is 10.6 Å². The van der Waals surface area contributed by atoms with E-state index in [1.54, 1.807) is 31.2 Å². The van der Waals surface area contributed by atoms with Gasteiger partial charge in [-0.05, 0) is 48.7 Å². The minimum atomic E-state index is -0.467. The third kappa shape index (κ3) is 4.43. The van der Waals surface area contributed by atoms with Crippen LogP contribution in [-0.4, -0.2) is 18.5 Å². The second-order valence-electron chi connectivity index (χ2n) is 6.09. The van der Waals surface area contributed by atoms with Crippen LogP contribution in [0.25, 0.3) is 11.1 Å². The molecule has 2 aromatic carbocycles. The van der Waals surface area contributed by atoms with Gasteiger partial charge in [-0.1, -0.05) is 42.8 Å². The molecule has 0 aliphatic heterocycles. The average Bonchev–Trinajstić information content (AvgIpc) is 3.12. The van der Waals surface area contributed by atoms with Gasteiger partial charge < -0.3 is 10.1 Å². The maximum Gasteiger partial charge on any atom is 0.341 e. The molecule has 0 aliphatic rings. The Morgan fingerprint density at radius 2 is 1.71 bits per heavy atom. The minimum Gasteiger partial charge on any atom is -0.462 e. The zero-order valence-electron chi connectivity index (χ0n) is 15.6. The lowest BCUT2D eigenvalue weighted by atomic mass is 10.0.